The van der Waals surface area contributed by atoms with Crippen molar-refractivity contribution in [3.05, 3.63) is 121 Å². The van der Waals surface area contributed by atoms with Gasteiger partial charge in [-0.25, -0.2) is 9.97 Å². The van der Waals surface area contributed by atoms with Gasteiger partial charge in [0.05, 0.1) is 27.6 Å². The molecule has 4 heteroatoms. The van der Waals surface area contributed by atoms with E-state index in [1.165, 1.54) is 16.3 Å². The highest BCUT2D eigenvalue weighted by Crippen LogP contribution is 2.34. The third-order valence-electron chi connectivity index (χ3n) is 7.13. The smallest absolute Gasteiger partial charge is 0.161 e. The van der Waals surface area contributed by atoms with E-state index in [1.54, 1.807) is 0 Å². The molecule has 4 nitrogen and oxygen atoms in total. The van der Waals surface area contributed by atoms with Crippen molar-refractivity contribution in [1.29, 1.82) is 0 Å². The molecule has 0 bridgehead atoms. The summed E-state index contributed by atoms with van der Waals surface area (Å²) in [5, 5.41) is 4.51. The monoisotopic (exact) mass is 460 g/mol. The second-order valence-electron chi connectivity index (χ2n) is 9.16. The summed E-state index contributed by atoms with van der Waals surface area (Å²) >= 11 is 0. The Kier molecular flexibility index (Phi) is 3.91. The second-order valence-corrected chi connectivity index (χ2v) is 9.16. The van der Waals surface area contributed by atoms with Crippen LogP contribution in [0.5, 0.6) is 0 Å². The zero-order valence-corrected chi connectivity index (χ0v) is 19.3. The van der Waals surface area contributed by atoms with Gasteiger partial charge in [-0.1, -0.05) is 84.9 Å². The van der Waals surface area contributed by atoms with Crippen molar-refractivity contribution in [3.8, 4) is 11.4 Å². The Labute approximate surface area is 206 Å². The number of aromatic nitrogens is 4. The first-order valence-electron chi connectivity index (χ1n) is 12.1. The van der Waals surface area contributed by atoms with Crippen LogP contribution in [0.2, 0.25) is 0 Å². The van der Waals surface area contributed by atoms with E-state index in [1.807, 2.05) is 24.4 Å². The fraction of sp³-hybridized carbons (Fsp3) is 0. The number of hydrogen-bond donors (Lipinski definition) is 0. The molecule has 4 aromatic heterocycles. The minimum atomic E-state index is 0.719. The molecule has 0 unspecified atom stereocenters. The largest absolute Gasteiger partial charge is 0.307 e. The molecule has 168 valence electrons. The molecule has 36 heavy (non-hydrogen) atoms. The zero-order valence-electron chi connectivity index (χ0n) is 19.3. The maximum atomic E-state index is 5.22. The standard InChI is InChI=1S/C32H20N4/c1-2-10-21(11-3-1)31-33-20-25-24-14-6-9-17-28(24)35-26-15-7-4-12-22(26)18-29(35)30-19-23-13-5-8-16-27(23)36(30)32(25)34-31/h1-20H. The van der Waals surface area contributed by atoms with Gasteiger partial charge in [-0.15, -0.1) is 0 Å². The molecule has 4 aromatic carbocycles. The summed E-state index contributed by atoms with van der Waals surface area (Å²) in [5.74, 6) is 0.719. The maximum absolute atomic E-state index is 5.22. The zero-order chi connectivity index (χ0) is 23.6. The average molecular weight is 461 g/mol. The number of fused-ring (bicyclic) bond motifs is 12. The average Bonchev–Trinajstić information content (AvgIpc) is 3.51. The predicted octanol–water partition coefficient (Wildman–Crippen LogP) is 7.82. The molecule has 0 spiro atoms. The number of rotatable bonds is 1. The van der Waals surface area contributed by atoms with E-state index in [0.29, 0.717) is 0 Å². The highest BCUT2D eigenvalue weighted by atomic mass is 15.0. The lowest BCUT2D eigenvalue weighted by Crippen LogP contribution is -1.98. The maximum Gasteiger partial charge on any atom is 0.161 e. The van der Waals surface area contributed by atoms with Gasteiger partial charge in [-0.2, -0.15) is 0 Å². The number of nitrogens with zero attached hydrogens (tertiary/aromatic N) is 4. The molecule has 4 heterocycles. The molecule has 0 aliphatic rings. The van der Waals surface area contributed by atoms with Crippen LogP contribution in [0.3, 0.4) is 0 Å². The molecule has 8 rings (SSSR count). The summed E-state index contributed by atoms with van der Waals surface area (Å²) in [4.78, 5) is 10.1. The van der Waals surface area contributed by atoms with Crippen molar-refractivity contribution in [2.45, 2.75) is 0 Å². The summed E-state index contributed by atoms with van der Waals surface area (Å²) in [6.45, 7) is 0. The van der Waals surface area contributed by atoms with Crippen LogP contribution in [0.1, 0.15) is 0 Å². The van der Waals surface area contributed by atoms with Crippen molar-refractivity contribution < 1.29 is 0 Å². The normalized spacial score (nSPS) is 11.9. The van der Waals surface area contributed by atoms with Crippen LogP contribution in [0.15, 0.2) is 121 Å². The minimum Gasteiger partial charge on any atom is -0.307 e. The SMILES string of the molecule is c1ccc(-c2ncc3c4ccccc4n4c5ccccc5cc4c4cc5ccccc5n4c3n2)cc1. The van der Waals surface area contributed by atoms with Gasteiger partial charge in [0, 0.05) is 33.3 Å². The Hall–Kier alpha value is -4.96. The van der Waals surface area contributed by atoms with Crippen LogP contribution in [-0.4, -0.2) is 18.8 Å². The Bertz CT molecular complexity index is 2150. The topological polar surface area (TPSA) is 34.6 Å². The molecule has 0 amide bonds. The van der Waals surface area contributed by atoms with Crippen LogP contribution in [0, 0.1) is 0 Å². The third kappa shape index (κ3) is 2.64. The highest BCUT2D eigenvalue weighted by Gasteiger charge is 2.15. The van der Waals surface area contributed by atoms with Crippen LogP contribution < -0.4 is 0 Å². The molecule has 0 saturated heterocycles. The molecule has 8 aromatic rings. The first kappa shape index (κ1) is 19.4. The van der Waals surface area contributed by atoms with Gasteiger partial charge in [0.15, 0.2) is 5.82 Å². The van der Waals surface area contributed by atoms with Gasteiger partial charge in [0.2, 0.25) is 0 Å². The lowest BCUT2D eigenvalue weighted by atomic mass is 10.1. The first-order chi connectivity index (χ1) is 17.9. The van der Waals surface area contributed by atoms with Crippen molar-refractivity contribution in [2.75, 3.05) is 0 Å². The van der Waals surface area contributed by atoms with E-state index in [4.69, 9.17) is 9.97 Å². The first-order valence-corrected chi connectivity index (χ1v) is 12.1. The van der Waals surface area contributed by atoms with Crippen LogP contribution in [-0.2, 0) is 0 Å². The second kappa shape index (κ2) is 7.27. The summed E-state index contributed by atoms with van der Waals surface area (Å²) in [5.41, 5.74) is 7.59. The molecule has 0 atom stereocenters. The van der Waals surface area contributed by atoms with E-state index in [9.17, 15) is 0 Å². The fourth-order valence-electron chi connectivity index (χ4n) is 5.53. The molecule has 0 fully saturated rings. The molecular formula is C32H20N4. The number of benzene rings is 4. The van der Waals surface area contributed by atoms with Gasteiger partial charge in [-0.3, -0.25) is 4.40 Å². The Morgan fingerprint density at radius 3 is 1.81 bits per heavy atom. The van der Waals surface area contributed by atoms with E-state index in [0.717, 1.165) is 49.9 Å². The summed E-state index contributed by atoms with van der Waals surface area (Å²) in [7, 11) is 0. The van der Waals surface area contributed by atoms with Crippen LogP contribution >= 0.6 is 0 Å². The molecule has 0 radical (unpaired) electrons. The highest BCUT2D eigenvalue weighted by molar-refractivity contribution is 6.09. The summed E-state index contributed by atoms with van der Waals surface area (Å²) in [6.07, 6.45) is 1.98. The van der Waals surface area contributed by atoms with E-state index < -0.39 is 0 Å². The van der Waals surface area contributed by atoms with Gasteiger partial charge in [-0.05, 0) is 30.3 Å². The molecule has 0 aliphatic carbocycles. The Morgan fingerprint density at radius 1 is 0.472 bits per heavy atom. The summed E-state index contributed by atoms with van der Waals surface area (Å²) < 4.78 is 4.68. The minimum absolute atomic E-state index is 0.719. The van der Waals surface area contributed by atoms with E-state index >= 15 is 0 Å². The van der Waals surface area contributed by atoms with E-state index in [-0.39, 0.29) is 0 Å². The molecule has 0 N–H and O–H groups in total. The van der Waals surface area contributed by atoms with Crippen molar-refractivity contribution >= 4 is 54.8 Å². The van der Waals surface area contributed by atoms with E-state index in [2.05, 4.69) is 106 Å². The fourth-order valence-corrected chi connectivity index (χ4v) is 5.53. The number of para-hydroxylation sites is 3. The van der Waals surface area contributed by atoms with Gasteiger partial charge < -0.3 is 4.40 Å². The Balaban J connectivity index is 1.74. The van der Waals surface area contributed by atoms with Gasteiger partial charge >= 0.3 is 0 Å². The van der Waals surface area contributed by atoms with Crippen LogP contribution in [0.4, 0.5) is 0 Å². The quantitative estimate of drug-likeness (QED) is 0.250. The third-order valence-corrected chi connectivity index (χ3v) is 7.13. The van der Waals surface area contributed by atoms with Crippen LogP contribution in [0.25, 0.3) is 66.2 Å². The predicted molar refractivity (Wildman–Crippen MR) is 148 cm³/mol. The Morgan fingerprint density at radius 2 is 1.06 bits per heavy atom. The number of hydrogen-bond acceptors (Lipinski definition) is 2. The molecule has 0 aliphatic heterocycles. The molecule has 0 saturated carbocycles. The van der Waals surface area contributed by atoms with Crippen molar-refractivity contribution in [2.24, 2.45) is 0 Å². The lowest BCUT2D eigenvalue weighted by molar-refractivity contribution is 1.17. The van der Waals surface area contributed by atoms with Crippen molar-refractivity contribution in [1.82, 2.24) is 18.8 Å². The van der Waals surface area contributed by atoms with Crippen molar-refractivity contribution in [3.63, 3.8) is 0 Å². The lowest BCUT2D eigenvalue weighted by Gasteiger charge is -2.10. The van der Waals surface area contributed by atoms with Gasteiger partial charge in [0.25, 0.3) is 0 Å². The molecular weight excluding hydrogens is 440 g/mol. The van der Waals surface area contributed by atoms with Gasteiger partial charge in [0.1, 0.15) is 5.65 Å². The summed E-state index contributed by atoms with van der Waals surface area (Å²) in [6, 6.07) is 40.5.